The number of carbonyl (C=O) groups excluding carboxylic acids is 2. The first kappa shape index (κ1) is 71.5. The van der Waals surface area contributed by atoms with Crippen LogP contribution in [0.2, 0.25) is 0 Å². The number of hydrogen-bond donors (Lipinski definition) is 1. The molecule has 0 saturated heterocycles. The van der Waals surface area contributed by atoms with Crippen LogP contribution in [-0.2, 0) is 27.9 Å². The molecule has 0 heterocycles. The van der Waals surface area contributed by atoms with E-state index in [4.69, 9.17) is 13.8 Å². The highest BCUT2D eigenvalue weighted by Gasteiger charge is 2.27. The second-order valence-corrected chi connectivity index (χ2v) is 23.3. The van der Waals surface area contributed by atoms with E-state index in [9.17, 15) is 19.0 Å². The monoisotopic (exact) mass is 1060 g/mol. The number of carbonyl (C=O) groups is 2. The Kier molecular flexibility index (Phi) is 52.0. The number of nitrogens with zero attached hydrogens (tertiary/aromatic N) is 1. The van der Waals surface area contributed by atoms with Crippen molar-refractivity contribution in [3.8, 4) is 0 Å². The fourth-order valence-corrected chi connectivity index (χ4v) is 9.28. The zero-order valence-corrected chi connectivity index (χ0v) is 49.9. The highest BCUT2D eigenvalue weighted by Crippen LogP contribution is 2.38. The average Bonchev–Trinajstić information content (AvgIpc) is 3.36. The summed E-state index contributed by atoms with van der Waals surface area (Å²) in [5.74, 6) is -0.580. The lowest BCUT2D eigenvalue weighted by atomic mass is 10.0. The second-order valence-electron chi connectivity index (χ2n) is 21.8. The molecule has 3 atom stereocenters. The molecule has 0 radical (unpaired) electrons. The highest BCUT2D eigenvalue weighted by atomic mass is 31.2. The van der Waals surface area contributed by atoms with Gasteiger partial charge in [-0.3, -0.25) is 14.2 Å². The summed E-state index contributed by atoms with van der Waals surface area (Å²) in [6, 6.07) is -0.906. The Labute approximate surface area is 457 Å². The minimum atomic E-state index is -4.71. The number of esters is 1. The summed E-state index contributed by atoms with van der Waals surface area (Å²) >= 11 is 0. The standard InChI is InChI=1S/C64H117N2O7P/c1-7-10-13-16-19-22-25-28-30-32-33-35-37-39-42-45-48-51-54-57-64(68)73-62(55-52-49-46-43-40-27-24-21-18-15-12-9-3)61(60-72-74(69,70)71-59-58-66(4,5)6)65-63(67)56-53-50-47-44-41-38-36-34-31-29-26-23-20-17-14-11-8-2/h19,22,28-31,33,35,39,42,52,55,61-62H,7-18,20-21,23-27,32,34,36-38,40-41,43-51,53-54,56-60H2,1-6H3,(H-,65,67,69,70)/b22-19-,30-28-,31-29+,35-33-,42-39-,55-52+. The smallest absolute Gasteiger partial charge is 0.306 e. The molecule has 1 N–H and O–H groups in total. The quantitative estimate of drug-likeness (QED) is 0.0212. The van der Waals surface area contributed by atoms with Crippen LogP contribution in [-0.4, -0.2) is 69.4 Å². The van der Waals surface area contributed by atoms with E-state index in [1.165, 1.54) is 141 Å². The molecule has 74 heavy (non-hydrogen) atoms. The number of nitrogens with one attached hydrogen (secondary N) is 1. The maximum absolute atomic E-state index is 13.5. The number of phosphoric ester groups is 1. The van der Waals surface area contributed by atoms with Crippen LogP contribution in [0, 0.1) is 0 Å². The highest BCUT2D eigenvalue weighted by molar-refractivity contribution is 7.45. The van der Waals surface area contributed by atoms with Crippen LogP contribution in [0.15, 0.2) is 72.9 Å². The van der Waals surface area contributed by atoms with E-state index >= 15 is 0 Å². The van der Waals surface area contributed by atoms with Gasteiger partial charge in [0.2, 0.25) is 5.91 Å². The van der Waals surface area contributed by atoms with Crippen molar-refractivity contribution in [1.29, 1.82) is 0 Å². The summed E-state index contributed by atoms with van der Waals surface area (Å²) < 4.78 is 30.3. The first-order chi connectivity index (χ1) is 35.9. The third-order valence-corrected chi connectivity index (χ3v) is 14.3. The third kappa shape index (κ3) is 54.2. The van der Waals surface area contributed by atoms with E-state index in [2.05, 4.69) is 86.8 Å². The third-order valence-electron chi connectivity index (χ3n) is 13.4. The van der Waals surface area contributed by atoms with Crippen LogP contribution < -0.4 is 10.2 Å². The van der Waals surface area contributed by atoms with E-state index < -0.39 is 26.6 Å². The maximum atomic E-state index is 13.5. The zero-order chi connectivity index (χ0) is 54.3. The molecule has 0 saturated carbocycles. The van der Waals surface area contributed by atoms with E-state index in [1.54, 1.807) is 0 Å². The summed E-state index contributed by atoms with van der Waals surface area (Å²) in [5, 5.41) is 3.02. The van der Waals surface area contributed by atoms with Gasteiger partial charge in [-0.1, -0.05) is 229 Å². The van der Waals surface area contributed by atoms with E-state index in [-0.39, 0.29) is 24.9 Å². The van der Waals surface area contributed by atoms with Crippen molar-refractivity contribution in [1.82, 2.24) is 5.32 Å². The first-order valence-corrected chi connectivity index (χ1v) is 32.2. The van der Waals surface area contributed by atoms with Crippen LogP contribution >= 0.6 is 7.82 Å². The normalized spacial score (nSPS) is 14.2. The molecule has 0 bridgehead atoms. The van der Waals surface area contributed by atoms with Gasteiger partial charge in [0.05, 0.1) is 33.8 Å². The van der Waals surface area contributed by atoms with Crippen molar-refractivity contribution >= 4 is 19.7 Å². The van der Waals surface area contributed by atoms with E-state index in [1.807, 2.05) is 33.3 Å². The number of rotatable bonds is 55. The maximum Gasteiger partial charge on any atom is 0.306 e. The topological polar surface area (TPSA) is 114 Å². The second kappa shape index (κ2) is 53.8. The Balaban J connectivity index is 5.35. The summed E-state index contributed by atoms with van der Waals surface area (Å²) in [4.78, 5) is 39.9. The molecule has 0 spiro atoms. The van der Waals surface area contributed by atoms with Gasteiger partial charge < -0.3 is 28.5 Å². The number of likely N-dealkylation sites (N-methyl/N-ethyl adjacent to an activating group) is 1. The van der Waals surface area contributed by atoms with Crippen molar-refractivity contribution in [2.24, 2.45) is 0 Å². The van der Waals surface area contributed by atoms with Crippen molar-refractivity contribution in [3.63, 3.8) is 0 Å². The Morgan fingerprint density at radius 3 is 1.28 bits per heavy atom. The molecular weight excluding hydrogens is 940 g/mol. The molecular formula is C64H117N2O7P. The molecule has 0 aliphatic rings. The van der Waals surface area contributed by atoms with Gasteiger partial charge in [0.1, 0.15) is 19.3 Å². The molecule has 0 aromatic rings. The average molecular weight is 1060 g/mol. The van der Waals surface area contributed by atoms with Gasteiger partial charge in [-0.2, -0.15) is 0 Å². The van der Waals surface area contributed by atoms with Crippen LogP contribution in [0.4, 0.5) is 0 Å². The minimum Gasteiger partial charge on any atom is -0.756 e. The Bertz CT molecular complexity index is 1500. The van der Waals surface area contributed by atoms with Crippen LogP contribution in [0.5, 0.6) is 0 Å². The number of hydrogen-bond acceptors (Lipinski definition) is 7. The summed E-state index contributed by atoms with van der Waals surface area (Å²) in [6.07, 6.45) is 68.6. The minimum absolute atomic E-state index is 0.0305. The molecule has 0 aromatic carbocycles. The molecule has 0 fully saturated rings. The Hall–Kier alpha value is -2.55. The lowest BCUT2D eigenvalue weighted by Crippen LogP contribution is -2.47. The van der Waals surface area contributed by atoms with Gasteiger partial charge in [0, 0.05) is 12.8 Å². The number of amides is 1. The predicted molar refractivity (Wildman–Crippen MR) is 316 cm³/mol. The molecule has 0 aromatic heterocycles. The van der Waals surface area contributed by atoms with E-state index in [0.717, 1.165) is 89.9 Å². The van der Waals surface area contributed by atoms with Crippen molar-refractivity contribution < 1.29 is 37.3 Å². The Morgan fingerprint density at radius 2 is 0.824 bits per heavy atom. The van der Waals surface area contributed by atoms with Gasteiger partial charge in [0.15, 0.2) is 0 Å². The largest absolute Gasteiger partial charge is 0.756 e. The summed E-state index contributed by atoms with van der Waals surface area (Å²) in [7, 11) is 1.16. The molecule has 3 unspecified atom stereocenters. The fourth-order valence-electron chi connectivity index (χ4n) is 8.56. The lowest BCUT2D eigenvalue weighted by Gasteiger charge is -2.30. The Morgan fingerprint density at radius 1 is 0.473 bits per heavy atom. The van der Waals surface area contributed by atoms with Crippen LogP contribution in [0.1, 0.15) is 271 Å². The zero-order valence-electron chi connectivity index (χ0n) is 49.0. The van der Waals surface area contributed by atoms with Crippen molar-refractivity contribution in [3.05, 3.63) is 72.9 Å². The number of allylic oxidation sites excluding steroid dienone is 11. The van der Waals surface area contributed by atoms with Gasteiger partial charge in [-0.05, 0) is 102 Å². The number of ether oxygens (including phenoxy) is 1. The lowest BCUT2D eigenvalue weighted by molar-refractivity contribution is -0.870. The number of quaternary nitrogens is 1. The predicted octanol–water partition coefficient (Wildman–Crippen LogP) is 18.2. The molecule has 430 valence electrons. The van der Waals surface area contributed by atoms with E-state index in [0.29, 0.717) is 23.9 Å². The molecule has 10 heteroatoms. The van der Waals surface area contributed by atoms with Crippen LogP contribution in [0.25, 0.3) is 0 Å². The molecule has 0 aliphatic carbocycles. The molecule has 0 rings (SSSR count). The summed E-state index contributed by atoms with van der Waals surface area (Å²) in [5.41, 5.74) is 0. The van der Waals surface area contributed by atoms with Crippen LogP contribution in [0.3, 0.4) is 0 Å². The summed E-state index contributed by atoms with van der Waals surface area (Å²) in [6.45, 7) is 6.79. The number of phosphoric acid groups is 1. The number of unbranched alkanes of at least 4 members (excludes halogenated alkanes) is 29. The van der Waals surface area contributed by atoms with Gasteiger partial charge in [0.25, 0.3) is 7.82 Å². The van der Waals surface area contributed by atoms with Gasteiger partial charge >= 0.3 is 5.97 Å². The first-order valence-electron chi connectivity index (χ1n) is 30.7. The fraction of sp³-hybridized carbons (Fsp3) is 0.781. The SMILES string of the molecule is CCCCC/C=C\C/C=C\C/C=C\C/C=C\CCCCCC(=O)OC(/C=C/CCCCCCCCCCCC)C(COP(=O)([O-])OCC[N+](C)(C)C)NC(=O)CCCCCCCCC/C=C/CCCCCCCC. The van der Waals surface area contributed by atoms with Crippen molar-refractivity contribution in [2.45, 2.75) is 283 Å². The van der Waals surface area contributed by atoms with Gasteiger partial charge in [-0.15, -0.1) is 0 Å². The van der Waals surface area contributed by atoms with Gasteiger partial charge in [-0.25, -0.2) is 0 Å². The van der Waals surface area contributed by atoms with Crippen molar-refractivity contribution in [2.75, 3.05) is 40.9 Å². The molecule has 0 aliphatic heterocycles. The molecule has 9 nitrogen and oxygen atoms in total. The molecule has 1 amide bonds.